The van der Waals surface area contributed by atoms with Gasteiger partial charge in [0.1, 0.15) is 11.6 Å². The van der Waals surface area contributed by atoms with Gasteiger partial charge in [-0.15, -0.1) is 0 Å². The zero-order valence-electron chi connectivity index (χ0n) is 18.4. The van der Waals surface area contributed by atoms with Crippen LogP contribution >= 0.6 is 11.6 Å². The summed E-state index contributed by atoms with van der Waals surface area (Å²) in [6.45, 7) is 2.82. The lowest BCUT2D eigenvalue weighted by Crippen LogP contribution is -2.39. The molecule has 0 bridgehead atoms. The van der Waals surface area contributed by atoms with Gasteiger partial charge in [-0.2, -0.15) is 0 Å². The van der Waals surface area contributed by atoms with E-state index in [1.807, 2.05) is 12.1 Å². The fourth-order valence-electron chi connectivity index (χ4n) is 4.17. The van der Waals surface area contributed by atoms with E-state index in [1.54, 1.807) is 36.2 Å². The zero-order valence-corrected chi connectivity index (χ0v) is 19.1. The molecule has 1 aliphatic heterocycles. The van der Waals surface area contributed by atoms with Crippen molar-refractivity contribution in [3.63, 3.8) is 0 Å². The van der Waals surface area contributed by atoms with Gasteiger partial charge in [-0.25, -0.2) is 4.39 Å². The molecule has 2 atom stereocenters. The molecule has 0 aliphatic carbocycles. The molecule has 0 radical (unpaired) electrons. The van der Waals surface area contributed by atoms with Crippen LogP contribution in [0.4, 0.5) is 4.39 Å². The monoisotopic (exact) mass is 470 g/mol. The number of esters is 1. The zero-order chi connectivity index (χ0) is 23.5. The molecule has 172 valence electrons. The van der Waals surface area contributed by atoms with Crippen LogP contribution in [0.1, 0.15) is 19.8 Å². The number of carbonyl (C=O) groups is 2. The fourth-order valence-corrected chi connectivity index (χ4v) is 4.44. The van der Waals surface area contributed by atoms with Gasteiger partial charge in [-0.1, -0.05) is 11.6 Å². The van der Waals surface area contributed by atoms with Crippen molar-refractivity contribution in [1.29, 1.82) is 0 Å². The van der Waals surface area contributed by atoms with E-state index in [1.165, 1.54) is 19.2 Å². The largest absolute Gasteiger partial charge is 0.481 e. The summed E-state index contributed by atoms with van der Waals surface area (Å²) in [6, 6.07) is 11.5. The highest BCUT2D eigenvalue weighted by atomic mass is 35.5. The van der Waals surface area contributed by atoms with Crippen molar-refractivity contribution in [2.45, 2.75) is 25.9 Å². The molecular weight excluding hydrogens is 447 g/mol. The molecule has 0 spiro atoms. The van der Waals surface area contributed by atoms with E-state index < -0.39 is 11.9 Å². The van der Waals surface area contributed by atoms with Gasteiger partial charge in [-0.05, 0) is 61.2 Å². The first-order valence-electron chi connectivity index (χ1n) is 10.7. The Morgan fingerprint density at radius 1 is 1.21 bits per heavy atom. The number of halogens is 2. The summed E-state index contributed by atoms with van der Waals surface area (Å²) in [5.41, 5.74) is 2.21. The molecule has 1 saturated heterocycles. The second-order valence-electron chi connectivity index (χ2n) is 8.14. The standard InChI is InChI=1S/C25H24ClFN2O4/c1-15(25(31)29-10-8-16(14-29)11-24(30)32-2)33-18-4-6-21-19(7-9-28-23(21)13-18)20-5-3-17(27)12-22(20)26/h3-7,9,12-13,15-16H,8,10-11,14H2,1-2H3. The van der Waals surface area contributed by atoms with Crippen LogP contribution in [-0.4, -0.2) is 48.1 Å². The van der Waals surface area contributed by atoms with E-state index in [0.717, 1.165) is 17.4 Å². The quantitative estimate of drug-likeness (QED) is 0.480. The second-order valence-corrected chi connectivity index (χ2v) is 8.55. The van der Waals surface area contributed by atoms with Crippen LogP contribution in [0.5, 0.6) is 5.75 Å². The number of hydrogen-bond donors (Lipinski definition) is 0. The first-order chi connectivity index (χ1) is 15.9. The van der Waals surface area contributed by atoms with Gasteiger partial charge in [0.15, 0.2) is 6.10 Å². The summed E-state index contributed by atoms with van der Waals surface area (Å²) in [5, 5.41) is 1.15. The normalized spacial score (nSPS) is 16.6. The number of ether oxygens (including phenoxy) is 2. The van der Waals surface area contributed by atoms with Crippen LogP contribution in [0, 0.1) is 11.7 Å². The van der Waals surface area contributed by atoms with Crippen LogP contribution in [-0.2, 0) is 14.3 Å². The summed E-state index contributed by atoms with van der Waals surface area (Å²) >= 11 is 6.25. The number of methoxy groups -OCH3 is 1. The van der Waals surface area contributed by atoms with E-state index in [9.17, 15) is 14.0 Å². The average Bonchev–Trinajstić information content (AvgIpc) is 3.26. The number of benzene rings is 2. The molecule has 1 aliphatic rings. The summed E-state index contributed by atoms with van der Waals surface area (Å²) in [4.78, 5) is 30.5. The van der Waals surface area contributed by atoms with Gasteiger partial charge in [0.05, 0.1) is 24.1 Å². The van der Waals surface area contributed by atoms with E-state index in [0.29, 0.717) is 41.4 Å². The van der Waals surface area contributed by atoms with E-state index >= 15 is 0 Å². The van der Waals surface area contributed by atoms with Gasteiger partial charge in [0, 0.05) is 36.3 Å². The fraction of sp³-hybridized carbons (Fsp3) is 0.320. The first kappa shape index (κ1) is 23.0. The Morgan fingerprint density at radius 3 is 2.79 bits per heavy atom. The Hall–Kier alpha value is -3.19. The molecular formula is C25H24ClFN2O4. The minimum absolute atomic E-state index is 0.107. The lowest BCUT2D eigenvalue weighted by atomic mass is 10.0. The molecule has 2 aromatic carbocycles. The molecule has 2 heterocycles. The molecule has 4 rings (SSSR count). The number of aromatic nitrogens is 1. The van der Waals surface area contributed by atoms with Crippen molar-refractivity contribution in [3.8, 4) is 16.9 Å². The highest BCUT2D eigenvalue weighted by molar-refractivity contribution is 6.33. The lowest BCUT2D eigenvalue weighted by molar-refractivity contribution is -0.142. The van der Waals surface area contributed by atoms with E-state index in [2.05, 4.69) is 4.98 Å². The summed E-state index contributed by atoms with van der Waals surface area (Å²) in [7, 11) is 1.37. The van der Waals surface area contributed by atoms with Gasteiger partial charge >= 0.3 is 5.97 Å². The maximum Gasteiger partial charge on any atom is 0.305 e. The summed E-state index contributed by atoms with van der Waals surface area (Å²) in [5.74, 6) is -0.157. The number of pyridine rings is 1. The van der Waals surface area contributed by atoms with Gasteiger partial charge < -0.3 is 14.4 Å². The smallest absolute Gasteiger partial charge is 0.305 e. The molecule has 33 heavy (non-hydrogen) atoms. The maximum absolute atomic E-state index is 13.5. The van der Waals surface area contributed by atoms with Crippen molar-refractivity contribution in [2.75, 3.05) is 20.2 Å². The van der Waals surface area contributed by atoms with Gasteiger partial charge in [0.25, 0.3) is 5.91 Å². The topological polar surface area (TPSA) is 68.7 Å². The van der Waals surface area contributed by atoms with Crippen molar-refractivity contribution in [1.82, 2.24) is 9.88 Å². The van der Waals surface area contributed by atoms with Crippen molar-refractivity contribution in [2.24, 2.45) is 5.92 Å². The minimum Gasteiger partial charge on any atom is -0.481 e. The molecule has 2 unspecified atom stereocenters. The third kappa shape index (κ3) is 5.09. The van der Waals surface area contributed by atoms with Gasteiger partial charge in [-0.3, -0.25) is 14.6 Å². The predicted molar refractivity (Wildman–Crippen MR) is 124 cm³/mol. The van der Waals surface area contributed by atoms with E-state index in [-0.39, 0.29) is 17.8 Å². The SMILES string of the molecule is COC(=O)CC1CCN(C(=O)C(C)Oc2ccc3c(-c4ccc(F)cc4Cl)ccnc3c2)C1. The maximum atomic E-state index is 13.5. The minimum atomic E-state index is -0.686. The van der Waals surface area contributed by atoms with Crippen molar-refractivity contribution in [3.05, 3.63) is 59.5 Å². The number of rotatable bonds is 6. The molecule has 1 amide bonds. The Kier molecular flexibility index (Phi) is 6.79. The first-order valence-corrected chi connectivity index (χ1v) is 11.1. The predicted octanol–water partition coefficient (Wildman–Crippen LogP) is 4.87. The molecule has 0 saturated carbocycles. The average molecular weight is 471 g/mol. The molecule has 1 aromatic heterocycles. The Bertz CT molecular complexity index is 1200. The van der Waals surface area contributed by atoms with Crippen LogP contribution in [0.15, 0.2) is 48.7 Å². The number of likely N-dealkylation sites (tertiary alicyclic amines) is 1. The third-order valence-corrected chi connectivity index (χ3v) is 6.19. The van der Waals surface area contributed by atoms with Crippen LogP contribution in [0.3, 0.4) is 0 Å². The van der Waals surface area contributed by atoms with Gasteiger partial charge in [0.2, 0.25) is 0 Å². The highest BCUT2D eigenvalue weighted by Crippen LogP contribution is 2.34. The Labute approximate surface area is 196 Å². The van der Waals surface area contributed by atoms with Crippen LogP contribution < -0.4 is 4.74 Å². The molecule has 3 aromatic rings. The van der Waals surface area contributed by atoms with Crippen molar-refractivity contribution < 1.29 is 23.5 Å². The summed E-state index contributed by atoms with van der Waals surface area (Å²) in [6.07, 6.45) is 2.05. The molecule has 8 heteroatoms. The molecule has 6 nitrogen and oxygen atoms in total. The van der Waals surface area contributed by atoms with E-state index in [4.69, 9.17) is 21.1 Å². The van der Waals surface area contributed by atoms with Crippen LogP contribution in [0.2, 0.25) is 5.02 Å². The number of fused-ring (bicyclic) bond motifs is 1. The summed E-state index contributed by atoms with van der Waals surface area (Å²) < 4.78 is 24.1. The molecule has 0 N–H and O–H groups in total. The lowest BCUT2D eigenvalue weighted by Gasteiger charge is -2.22. The third-order valence-electron chi connectivity index (χ3n) is 5.88. The number of amides is 1. The highest BCUT2D eigenvalue weighted by Gasteiger charge is 2.31. The Balaban J connectivity index is 1.48. The van der Waals surface area contributed by atoms with Crippen LogP contribution in [0.25, 0.3) is 22.0 Å². The number of hydrogen-bond acceptors (Lipinski definition) is 5. The number of carbonyl (C=O) groups excluding carboxylic acids is 2. The Morgan fingerprint density at radius 2 is 2.03 bits per heavy atom. The second kappa shape index (κ2) is 9.75. The van der Waals surface area contributed by atoms with Crippen molar-refractivity contribution >= 4 is 34.4 Å². The number of nitrogens with zero attached hydrogens (tertiary/aromatic N) is 2. The molecule has 1 fully saturated rings.